The fraction of sp³-hybridized carbons (Fsp3) is 0.348. The van der Waals surface area contributed by atoms with Crippen LogP contribution in [-0.2, 0) is 9.59 Å². The van der Waals surface area contributed by atoms with Crippen LogP contribution >= 0.6 is 0 Å². The van der Waals surface area contributed by atoms with E-state index in [1.165, 1.54) is 0 Å². The van der Waals surface area contributed by atoms with E-state index in [9.17, 15) is 14.4 Å². The number of carbonyl (C=O) groups is 3. The molecule has 0 fully saturated rings. The summed E-state index contributed by atoms with van der Waals surface area (Å²) in [7, 11) is 0. The molecule has 28 heavy (non-hydrogen) atoms. The molecule has 0 aromatic heterocycles. The largest absolute Gasteiger partial charge is 0.427 e. The van der Waals surface area contributed by atoms with Gasteiger partial charge in [0, 0.05) is 24.0 Å². The van der Waals surface area contributed by atoms with Gasteiger partial charge in [-0.2, -0.15) is 0 Å². The van der Waals surface area contributed by atoms with Crippen molar-refractivity contribution < 1.29 is 23.9 Å². The van der Waals surface area contributed by atoms with Gasteiger partial charge in [0.2, 0.25) is 0 Å². The molecule has 148 valence electrons. The summed E-state index contributed by atoms with van der Waals surface area (Å²) in [5.74, 6) is 0.160. The summed E-state index contributed by atoms with van der Waals surface area (Å²) in [6.07, 6.45) is 2.15. The summed E-state index contributed by atoms with van der Waals surface area (Å²) in [6, 6.07) is 9.98. The summed E-state index contributed by atoms with van der Waals surface area (Å²) < 4.78 is 10.5. The van der Waals surface area contributed by atoms with Gasteiger partial charge in [0.15, 0.2) is 5.78 Å². The number of aryl methyl sites for hydroxylation is 2. The first-order valence-corrected chi connectivity index (χ1v) is 9.53. The molecule has 0 spiro atoms. The van der Waals surface area contributed by atoms with Crippen molar-refractivity contribution in [3.8, 4) is 11.5 Å². The molecule has 0 atom stereocenters. The van der Waals surface area contributed by atoms with Crippen molar-refractivity contribution in [2.75, 3.05) is 0 Å². The van der Waals surface area contributed by atoms with E-state index in [1.54, 1.807) is 50.2 Å². The zero-order valence-corrected chi connectivity index (χ0v) is 16.8. The second-order valence-corrected chi connectivity index (χ2v) is 6.73. The molecule has 0 bridgehead atoms. The maximum absolute atomic E-state index is 12.9. The molecular weight excluding hydrogens is 356 g/mol. The Hall–Kier alpha value is -2.95. The predicted octanol–water partition coefficient (Wildman–Crippen LogP) is 4.95. The van der Waals surface area contributed by atoms with Crippen molar-refractivity contribution in [2.24, 2.45) is 0 Å². The molecule has 0 amide bonds. The smallest absolute Gasteiger partial charge is 0.311 e. The lowest BCUT2D eigenvalue weighted by Gasteiger charge is -2.11. The normalized spacial score (nSPS) is 10.4. The molecular formula is C23H26O5. The van der Waals surface area contributed by atoms with Gasteiger partial charge in [0.25, 0.3) is 0 Å². The summed E-state index contributed by atoms with van der Waals surface area (Å²) in [4.78, 5) is 36.2. The number of benzene rings is 2. The first-order valence-electron chi connectivity index (χ1n) is 9.53. The number of hydrogen-bond acceptors (Lipinski definition) is 5. The lowest BCUT2D eigenvalue weighted by atomic mass is 9.96. The van der Waals surface area contributed by atoms with Gasteiger partial charge in [-0.05, 0) is 74.2 Å². The standard InChI is InChI=1S/C23H26O5/c1-5-7-21(24)27-17-9-11-19(15(3)13-17)23(26)20-12-10-18(14-16(20)4)28-22(25)8-6-2/h9-14H,5-8H2,1-4H3. The highest BCUT2D eigenvalue weighted by Gasteiger charge is 2.16. The number of ether oxygens (including phenoxy) is 2. The van der Waals surface area contributed by atoms with Gasteiger partial charge >= 0.3 is 11.9 Å². The van der Waals surface area contributed by atoms with E-state index in [0.29, 0.717) is 35.5 Å². The molecule has 0 saturated carbocycles. The molecule has 0 unspecified atom stereocenters. The zero-order valence-electron chi connectivity index (χ0n) is 16.8. The lowest BCUT2D eigenvalue weighted by Crippen LogP contribution is -2.10. The van der Waals surface area contributed by atoms with E-state index in [2.05, 4.69) is 0 Å². The highest BCUT2D eigenvalue weighted by atomic mass is 16.5. The maximum atomic E-state index is 12.9. The fourth-order valence-corrected chi connectivity index (χ4v) is 2.83. The van der Waals surface area contributed by atoms with Crippen LogP contribution in [0.3, 0.4) is 0 Å². The highest BCUT2D eigenvalue weighted by molar-refractivity contribution is 6.11. The number of ketones is 1. The summed E-state index contributed by atoms with van der Waals surface area (Å²) >= 11 is 0. The van der Waals surface area contributed by atoms with Gasteiger partial charge in [0.1, 0.15) is 11.5 Å². The number of hydrogen-bond donors (Lipinski definition) is 0. The van der Waals surface area contributed by atoms with E-state index in [1.807, 2.05) is 13.8 Å². The molecule has 2 aromatic rings. The minimum Gasteiger partial charge on any atom is -0.427 e. The van der Waals surface area contributed by atoms with Crippen molar-refractivity contribution in [3.05, 3.63) is 58.7 Å². The van der Waals surface area contributed by atoms with Crippen LogP contribution in [0.5, 0.6) is 11.5 Å². The Morgan fingerprint density at radius 1 is 0.714 bits per heavy atom. The summed E-state index contributed by atoms with van der Waals surface area (Å²) in [5, 5.41) is 0. The van der Waals surface area contributed by atoms with Gasteiger partial charge in [-0.25, -0.2) is 0 Å². The third-order valence-electron chi connectivity index (χ3n) is 4.26. The monoisotopic (exact) mass is 382 g/mol. The first kappa shape index (κ1) is 21.4. The topological polar surface area (TPSA) is 69.7 Å². The minimum atomic E-state index is -0.287. The van der Waals surface area contributed by atoms with Crippen molar-refractivity contribution in [2.45, 2.75) is 53.4 Å². The Labute approximate surface area is 165 Å². The van der Waals surface area contributed by atoms with Crippen LogP contribution in [0, 0.1) is 13.8 Å². The molecule has 5 heteroatoms. The quantitative estimate of drug-likeness (QED) is 0.367. The van der Waals surface area contributed by atoms with Crippen LogP contribution in [0.2, 0.25) is 0 Å². The second kappa shape index (κ2) is 9.83. The molecule has 0 aliphatic carbocycles. The van der Waals surface area contributed by atoms with E-state index in [0.717, 1.165) is 24.0 Å². The van der Waals surface area contributed by atoms with E-state index in [4.69, 9.17) is 9.47 Å². The van der Waals surface area contributed by atoms with Crippen LogP contribution < -0.4 is 9.47 Å². The molecule has 5 nitrogen and oxygen atoms in total. The lowest BCUT2D eigenvalue weighted by molar-refractivity contribution is -0.135. The van der Waals surface area contributed by atoms with Crippen LogP contribution in [0.15, 0.2) is 36.4 Å². The van der Waals surface area contributed by atoms with Crippen LogP contribution in [0.1, 0.15) is 66.6 Å². The molecule has 2 rings (SSSR count). The average molecular weight is 382 g/mol. The fourth-order valence-electron chi connectivity index (χ4n) is 2.83. The predicted molar refractivity (Wildman–Crippen MR) is 107 cm³/mol. The third-order valence-corrected chi connectivity index (χ3v) is 4.26. The Morgan fingerprint density at radius 3 is 1.43 bits per heavy atom. The van der Waals surface area contributed by atoms with Crippen molar-refractivity contribution in [1.82, 2.24) is 0 Å². The number of esters is 2. The SMILES string of the molecule is CCCC(=O)Oc1ccc(C(=O)c2ccc(OC(=O)CCC)cc2C)c(C)c1. The van der Waals surface area contributed by atoms with Crippen LogP contribution in [-0.4, -0.2) is 17.7 Å². The Balaban J connectivity index is 2.19. The van der Waals surface area contributed by atoms with E-state index < -0.39 is 0 Å². The molecule has 0 N–H and O–H groups in total. The molecule has 0 radical (unpaired) electrons. The molecule has 0 aliphatic heterocycles. The summed E-state index contributed by atoms with van der Waals surface area (Å²) in [5.41, 5.74) is 2.53. The Kier molecular flexibility index (Phi) is 7.50. The summed E-state index contributed by atoms with van der Waals surface area (Å²) in [6.45, 7) is 7.43. The van der Waals surface area contributed by atoms with Gasteiger partial charge in [-0.1, -0.05) is 13.8 Å². The number of carbonyl (C=O) groups excluding carboxylic acids is 3. The zero-order chi connectivity index (χ0) is 20.7. The molecule has 0 heterocycles. The third kappa shape index (κ3) is 5.52. The molecule has 0 saturated heterocycles. The van der Waals surface area contributed by atoms with Crippen molar-refractivity contribution in [3.63, 3.8) is 0 Å². The second-order valence-electron chi connectivity index (χ2n) is 6.73. The highest BCUT2D eigenvalue weighted by Crippen LogP contribution is 2.24. The number of rotatable bonds is 8. The van der Waals surface area contributed by atoms with Crippen LogP contribution in [0.4, 0.5) is 0 Å². The van der Waals surface area contributed by atoms with Gasteiger partial charge < -0.3 is 9.47 Å². The van der Waals surface area contributed by atoms with Crippen LogP contribution in [0.25, 0.3) is 0 Å². The van der Waals surface area contributed by atoms with Gasteiger partial charge in [-0.3, -0.25) is 14.4 Å². The van der Waals surface area contributed by atoms with E-state index in [-0.39, 0.29) is 17.7 Å². The van der Waals surface area contributed by atoms with Crippen molar-refractivity contribution >= 4 is 17.7 Å². The average Bonchev–Trinajstić information content (AvgIpc) is 2.62. The molecule has 2 aromatic carbocycles. The first-order chi connectivity index (χ1) is 13.3. The maximum Gasteiger partial charge on any atom is 0.311 e. The van der Waals surface area contributed by atoms with E-state index >= 15 is 0 Å². The van der Waals surface area contributed by atoms with Crippen molar-refractivity contribution in [1.29, 1.82) is 0 Å². The molecule has 0 aliphatic rings. The minimum absolute atomic E-state index is 0.132. The van der Waals surface area contributed by atoms with Gasteiger partial charge in [-0.15, -0.1) is 0 Å². The Morgan fingerprint density at radius 2 is 1.11 bits per heavy atom. The Bertz CT molecular complexity index is 811. The van der Waals surface area contributed by atoms with Gasteiger partial charge in [0.05, 0.1) is 0 Å².